The van der Waals surface area contributed by atoms with Crippen LogP contribution in [-0.4, -0.2) is 27.7 Å². The van der Waals surface area contributed by atoms with Crippen molar-refractivity contribution in [2.75, 3.05) is 11.9 Å². The van der Waals surface area contributed by atoms with Crippen LogP contribution in [0.15, 0.2) is 10.9 Å². The molecule has 1 heterocycles. The van der Waals surface area contributed by atoms with Crippen molar-refractivity contribution in [1.82, 2.24) is 9.97 Å². The van der Waals surface area contributed by atoms with Gasteiger partial charge in [-0.25, -0.2) is 4.98 Å². The first-order chi connectivity index (χ1) is 7.63. The average molecular weight is 223 g/mol. The summed E-state index contributed by atoms with van der Waals surface area (Å²) in [6, 6.07) is 1.46. The number of aliphatic hydroxyl groups is 1. The number of rotatable bonds is 3. The summed E-state index contributed by atoms with van der Waals surface area (Å²) in [6.07, 6.45) is 2.61. The summed E-state index contributed by atoms with van der Waals surface area (Å²) in [7, 11) is 0. The summed E-state index contributed by atoms with van der Waals surface area (Å²) in [5.41, 5.74) is -0.138. The van der Waals surface area contributed by atoms with Gasteiger partial charge in [0.05, 0.1) is 6.10 Å². The number of aromatic amines is 1. The maximum Gasteiger partial charge on any atom is 0.252 e. The van der Waals surface area contributed by atoms with E-state index < -0.39 is 0 Å². The zero-order chi connectivity index (χ0) is 11.5. The zero-order valence-corrected chi connectivity index (χ0v) is 9.36. The molecule has 88 valence electrons. The molecule has 2 atom stereocenters. The number of aryl methyl sites for hydroxylation is 1. The lowest BCUT2D eigenvalue weighted by atomic mass is 10.1. The number of aliphatic hydroxyl groups excluding tert-OH is 1. The van der Waals surface area contributed by atoms with Crippen LogP contribution >= 0.6 is 0 Å². The van der Waals surface area contributed by atoms with Crippen molar-refractivity contribution in [2.24, 2.45) is 5.92 Å². The summed E-state index contributed by atoms with van der Waals surface area (Å²) < 4.78 is 0. The molecule has 1 fully saturated rings. The van der Waals surface area contributed by atoms with Gasteiger partial charge in [0.25, 0.3) is 5.56 Å². The maximum atomic E-state index is 11.2. The third kappa shape index (κ3) is 2.82. The molecule has 1 aromatic heterocycles. The third-order valence-corrected chi connectivity index (χ3v) is 2.95. The Labute approximate surface area is 93.9 Å². The van der Waals surface area contributed by atoms with Gasteiger partial charge in [-0.05, 0) is 32.1 Å². The Morgan fingerprint density at radius 3 is 3.06 bits per heavy atom. The Balaban J connectivity index is 1.92. The molecular weight excluding hydrogens is 206 g/mol. The van der Waals surface area contributed by atoms with E-state index in [2.05, 4.69) is 15.3 Å². The van der Waals surface area contributed by atoms with Gasteiger partial charge in [-0.2, -0.15) is 0 Å². The number of aromatic nitrogens is 2. The van der Waals surface area contributed by atoms with E-state index in [4.69, 9.17) is 0 Å². The summed E-state index contributed by atoms with van der Waals surface area (Å²) >= 11 is 0. The lowest BCUT2D eigenvalue weighted by Gasteiger charge is -2.11. The first-order valence-electron chi connectivity index (χ1n) is 5.63. The highest BCUT2D eigenvalue weighted by Crippen LogP contribution is 2.25. The van der Waals surface area contributed by atoms with Gasteiger partial charge in [0.15, 0.2) is 0 Å². The van der Waals surface area contributed by atoms with Crippen molar-refractivity contribution in [3.8, 4) is 0 Å². The Morgan fingerprint density at radius 2 is 2.44 bits per heavy atom. The van der Waals surface area contributed by atoms with Crippen LogP contribution in [0.4, 0.5) is 5.82 Å². The highest BCUT2D eigenvalue weighted by molar-refractivity contribution is 5.32. The fourth-order valence-corrected chi connectivity index (χ4v) is 2.15. The molecule has 1 aromatic rings. The summed E-state index contributed by atoms with van der Waals surface area (Å²) in [5, 5.41) is 12.5. The first-order valence-corrected chi connectivity index (χ1v) is 5.63. The molecule has 5 heteroatoms. The molecule has 1 aliphatic rings. The molecule has 2 unspecified atom stereocenters. The standard InChI is InChI=1S/C11H17N3O2/c1-7-13-10(5-11(16)14-7)12-6-8-2-3-9(15)4-8/h5,8-9,15H,2-4,6H2,1H3,(H2,12,13,14,16). The third-order valence-electron chi connectivity index (χ3n) is 2.95. The Bertz CT molecular complexity index is 416. The van der Waals surface area contributed by atoms with Crippen molar-refractivity contribution >= 4 is 5.82 Å². The fourth-order valence-electron chi connectivity index (χ4n) is 2.15. The Hall–Kier alpha value is -1.36. The Morgan fingerprint density at radius 1 is 1.62 bits per heavy atom. The first kappa shape index (κ1) is 11.1. The van der Waals surface area contributed by atoms with Crippen molar-refractivity contribution in [2.45, 2.75) is 32.3 Å². The predicted molar refractivity (Wildman–Crippen MR) is 61.4 cm³/mol. The number of hydrogen-bond donors (Lipinski definition) is 3. The van der Waals surface area contributed by atoms with Crippen molar-refractivity contribution < 1.29 is 5.11 Å². The van der Waals surface area contributed by atoms with E-state index in [9.17, 15) is 9.90 Å². The number of nitrogens with one attached hydrogen (secondary N) is 2. The summed E-state index contributed by atoms with van der Waals surface area (Å²) in [4.78, 5) is 18.0. The average Bonchev–Trinajstić information content (AvgIpc) is 2.60. The van der Waals surface area contributed by atoms with Crippen LogP contribution in [0.1, 0.15) is 25.1 Å². The SMILES string of the molecule is Cc1nc(NCC2CCC(O)C2)cc(=O)[nH]1. The molecule has 3 N–H and O–H groups in total. The molecule has 1 saturated carbocycles. The minimum atomic E-state index is -0.152. The van der Waals surface area contributed by atoms with E-state index in [-0.39, 0.29) is 11.7 Å². The molecule has 0 aromatic carbocycles. The fraction of sp³-hybridized carbons (Fsp3) is 0.636. The van der Waals surface area contributed by atoms with Gasteiger partial charge in [-0.15, -0.1) is 0 Å². The quantitative estimate of drug-likeness (QED) is 0.703. The van der Waals surface area contributed by atoms with Crippen LogP contribution in [0, 0.1) is 12.8 Å². The number of anilines is 1. The second kappa shape index (κ2) is 4.65. The normalized spacial score (nSPS) is 24.6. The minimum absolute atomic E-state index is 0.138. The molecule has 2 rings (SSSR count). The molecule has 0 spiro atoms. The van der Waals surface area contributed by atoms with E-state index >= 15 is 0 Å². The van der Waals surface area contributed by atoms with Gasteiger partial charge in [-0.3, -0.25) is 4.79 Å². The lowest BCUT2D eigenvalue weighted by Crippen LogP contribution is -2.16. The van der Waals surface area contributed by atoms with Crippen LogP contribution in [0.25, 0.3) is 0 Å². The second-order valence-electron chi connectivity index (χ2n) is 4.43. The highest BCUT2D eigenvalue weighted by atomic mass is 16.3. The number of hydrogen-bond acceptors (Lipinski definition) is 4. The molecule has 0 saturated heterocycles. The molecule has 16 heavy (non-hydrogen) atoms. The van der Waals surface area contributed by atoms with Gasteiger partial charge < -0.3 is 15.4 Å². The topological polar surface area (TPSA) is 78.0 Å². The van der Waals surface area contributed by atoms with Crippen molar-refractivity contribution in [3.63, 3.8) is 0 Å². The van der Waals surface area contributed by atoms with Crippen LogP contribution in [0.3, 0.4) is 0 Å². The van der Waals surface area contributed by atoms with E-state index in [0.29, 0.717) is 17.6 Å². The van der Waals surface area contributed by atoms with E-state index in [1.165, 1.54) is 6.07 Å². The van der Waals surface area contributed by atoms with Crippen molar-refractivity contribution in [3.05, 3.63) is 22.2 Å². The molecule has 0 radical (unpaired) electrons. The van der Waals surface area contributed by atoms with Crippen LogP contribution < -0.4 is 10.9 Å². The van der Waals surface area contributed by atoms with E-state index in [1.807, 2.05) is 0 Å². The molecule has 1 aliphatic carbocycles. The van der Waals surface area contributed by atoms with E-state index in [0.717, 1.165) is 25.8 Å². The molecular formula is C11H17N3O2. The maximum absolute atomic E-state index is 11.2. The molecule has 0 amide bonds. The van der Waals surface area contributed by atoms with Gasteiger partial charge in [-0.1, -0.05) is 0 Å². The predicted octanol–water partition coefficient (Wildman–Crippen LogP) is 0.651. The van der Waals surface area contributed by atoms with E-state index in [1.54, 1.807) is 6.92 Å². The minimum Gasteiger partial charge on any atom is -0.393 e. The van der Waals surface area contributed by atoms with Gasteiger partial charge in [0.2, 0.25) is 0 Å². The number of H-pyrrole nitrogens is 1. The summed E-state index contributed by atoms with van der Waals surface area (Å²) in [6.45, 7) is 2.53. The zero-order valence-electron chi connectivity index (χ0n) is 9.36. The summed E-state index contributed by atoms with van der Waals surface area (Å²) in [5.74, 6) is 1.71. The van der Waals surface area contributed by atoms with Crippen LogP contribution in [0.5, 0.6) is 0 Å². The molecule has 0 bridgehead atoms. The van der Waals surface area contributed by atoms with Gasteiger partial charge >= 0.3 is 0 Å². The van der Waals surface area contributed by atoms with Crippen LogP contribution in [-0.2, 0) is 0 Å². The van der Waals surface area contributed by atoms with Gasteiger partial charge in [0.1, 0.15) is 11.6 Å². The highest BCUT2D eigenvalue weighted by Gasteiger charge is 2.22. The smallest absolute Gasteiger partial charge is 0.252 e. The van der Waals surface area contributed by atoms with Crippen LogP contribution in [0.2, 0.25) is 0 Å². The second-order valence-corrected chi connectivity index (χ2v) is 4.43. The van der Waals surface area contributed by atoms with Crippen molar-refractivity contribution in [1.29, 1.82) is 0 Å². The largest absolute Gasteiger partial charge is 0.393 e. The Kier molecular flexibility index (Phi) is 3.24. The monoisotopic (exact) mass is 223 g/mol. The van der Waals surface area contributed by atoms with Gasteiger partial charge in [0, 0.05) is 12.6 Å². The number of nitrogens with zero attached hydrogens (tertiary/aromatic N) is 1. The molecule has 0 aliphatic heterocycles. The molecule has 5 nitrogen and oxygen atoms in total. The lowest BCUT2D eigenvalue weighted by molar-refractivity contribution is 0.178.